The van der Waals surface area contributed by atoms with E-state index in [-0.39, 0.29) is 24.1 Å². The molecule has 7 heteroatoms. The minimum Gasteiger partial charge on any atom is -0.480 e. The van der Waals surface area contributed by atoms with Crippen LogP contribution in [0.4, 0.5) is 5.69 Å². The highest BCUT2D eigenvalue weighted by atomic mass is 16.5. The predicted octanol–water partition coefficient (Wildman–Crippen LogP) is 1.10. The average Bonchev–Trinajstić information content (AvgIpc) is 2.48. The van der Waals surface area contributed by atoms with Gasteiger partial charge in [0.1, 0.15) is 5.75 Å². The van der Waals surface area contributed by atoms with Crippen LogP contribution in [0.15, 0.2) is 24.3 Å². The van der Waals surface area contributed by atoms with Crippen molar-refractivity contribution in [1.82, 2.24) is 4.90 Å². The van der Waals surface area contributed by atoms with Gasteiger partial charge in [-0.15, -0.1) is 0 Å². The molecule has 0 atom stereocenters. The number of rotatable bonds is 6. The van der Waals surface area contributed by atoms with E-state index in [0.29, 0.717) is 18.7 Å². The third-order valence-electron chi connectivity index (χ3n) is 3.27. The Kier molecular flexibility index (Phi) is 5.35. The number of anilines is 1. The topological polar surface area (TPSA) is 95.9 Å². The summed E-state index contributed by atoms with van der Waals surface area (Å²) >= 11 is 0. The van der Waals surface area contributed by atoms with Crippen LogP contribution in [0.1, 0.15) is 19.3 Å². The Hall–Kier alpha value is -2.57. The van der Waals surface area contributed by atoms with Gasteiger partial charge >= 0.3 is 5.97 Å². The van der Waals surface area contributed by atoms with Crippen molar-refractivity contribution < 1.29 is 24.2 Å². The van der Waals surface area contributed by atoms with Gasteiger partial charge in [0, 0.05) is 13.0 Å². The van der Waals surface area contributed by atoms with Crippen LogP contribution in [0.2, 0.25) is 0 Å². The molecule has 1 heterocycles. The second-order valence-electron chi connectivity index (χ2n) is 5.00. The fourth-order valence-electron chi connectivity index (χ4n) is 2.23. The Morgan fingerprint density at radius 2 is 2.05 bits per heavy atom. The number of nitrogens with zero attached hydrogens (tertiary/aromatic N) is 1. The molecule has 1 aromatic rings. The van der Waals surface area contributed by atoms with Crippen LogP contribution in [-0.4, -0.2) is 47.5 Å². The highest BCUT2D eigenvalue weighted by molar-refractivity contribution is 5.95. The first-order valence-electron chi connectivity index (χ1n) is 7.07. The van der Waals surface area contributed by atoms with Gasteiger partial charge in [-0.25, -0.2) is 4.79 Å². The van der Waals surface area contributed by atoms with E-state index in [1.807, 2.05) is 0 Å². The van der Waals surface area contributed by atoms with Gasteiger partial charge in [0.2, 0.25) is 11.8 Å². The maximum atomic E-state index is 12.0. The first-order chi connectivity index (χ1) is 10.6. The van der Waals surface area contributed by atoms with E-state index in [1.165, 1.54) is 4.90 Å². The number of nitrogens with one attached hydrogen (secondary N) is 1. The summed E-state index contributed by atoms with van der Waals surface area (Å²) in [4.78, 5) is 35.8. The number of amides is 2. The zero-order valence-electron chi connectivity index (χ0n) is 12.1. The van der Waals surface area contributed by atoms with E-state index in [0.717, 1.165) is 12.8 Å². The fourth-order valence-corrected chi connectivity index (χ4v) is 2.23. The van der Waals surface area contributed by atoms with Crippen LogP contribution >= 0.6 is 0 Å². The monoisotopic (exact) mass is 306 g/mol. The van der Waals surface area contributed by atoms with Crippen molar-refractivity contribution >= 4 is 23.5 Å². The standard InChI is InChI=1S/C15H18N2O5/c18-13(9-17-8-4-3-7-14(17)19)16-11-5-1-2-6-12(11)22-10-15(20)21/h1-2,5-6H,3-4,7-10H2,(H,16,18)(H,20,21). The summed E-state index contributed by atoms with van der Waals surface area (Å²) in [6.45, 7) is 0.0903. The molecule has 1 saturated heterocycles. The molecule has 2 rings (SSSR count). The molecular weight excluding hydrogens is 288 g/mol. The number of carbonyl (C=O) groups excluding carboxylic acids is 2. The van der Waals surface area contributed by atoms with E-state index in [1.54, 1.807) is 24.3 Å². The first-order valence-corrected chi connectivity index (χ1v) is 7.07. The second kappa shape index (κ2) is 7.44. The van der Waals surface area contributed by atoms with Crippen molar-refractivity contribution in [3.63, 3.8) is 0 Å². The fraction of sp³-hybridized carbons (Fsp3) is 0.400. The lowest BCUT2D eigenvalue weighted by Crippen LogP contribution is -2.40. The largest absolute Gasteiger partial charge is 0.480 e. The normalized spacial score (nSPS) is 14.5. The number of carboxylic acids is 1. The molecule has 22 heavy (non-hydrogen) atoms. The summed E-state index contributed by atoms with van der Waals surface area (Å²) in [6.07, 6.45) is 2.24. The van der Waals surface area contributed by atoms with Crippen molar-refractivity contribution in [2.75, 3.05) is 25.0 Å². The molecule has 118 valence electrons. The summed E-state index contributed by atoms with van der Waals surface area (Å²) in [5, 5.41) is 11.3. The molecule has 0 bridgehead atoms. The minimum atomic E-state index is -1.10. The average molecular weight is 306 g/mol. The summed E-state index contributed by atoms with van der Waals surface area (Å²) in [7, 11) is 0. The number of hydrogen-bond donors (Lipinski definition) is 2. The molecular formula is C15H18N2O5. The number of benzene rings is 1. The maximum Gasteiger partial charge on any atom is 0.341 e. The molecule has 1 aromatic carbocycles. The van der Waals surface area contributed by atoms with E-state index in [2.05, 4.69) is 5.32 Å². The van der Waals surface area contributed by atoms with Crippen molar-refractivity contribution in [3.05, 3.63) is 24.3 Å². The smallest absolute Gasteiger partial charge is 0.341 e. The Labute approximate surface area is 127 Å². The number of para-hydroxylation sites is 2. The summed E-state index contributed by atoms with van der Waals surface area (Å²) < 4.78 is 5.12. The molecule has 1 fully saturated rings. The van der Waals surface area contributed by atoms with Crippen LogP contribution in [0, 0.1) is 0 Å². The maximum absolute atomic E-state index is 12.0. The zero-order valence-corrected chi connectivity index (χ0v) is 12.1. The quantitative estimate of drug-likeness (QED) is 0.820. The number of piperidine rings is 1. The number of aliphatic carboxylic acids is 1. The van der Waals surface area contributed by atoms with Gasteiger partial charge < -0.3 is 20.1 Å². The Morgan fingerprint density at radius 1 is 1.27 bits per heavy atom. The van der Waals surface area contributed by atoms with Crippen LogP contribution < -0.4 is 10.1 Å². The van der Waals surface area contributed by atoms with Crippen molar-refractivity contribution in [1.29, 1.82) is 0 Å². The Balaban J connectivity index is 1.96. The molecule has 1 aliphatic heterocycles. The van der Waals surface area contributed by atoms with E-state index >= 15 is 0 Å². The van der Waals surface area contributed by atoms with Crippen LogP contribution in [0.25, 0.3) is 0 Å². The SMILES string of the molecule is O=C(O)COc1ccccc1NC(=O)CN1CCCCC1=O. The molecule has 0 radical (unpaired) electrons. The van der Waals surface area contributed by atoms with Crippen molar-refractivity contribution in [2.24, 2.45) is 0 Å². The molecule has 2 N–H and O–H groups in total. The highest BCUT2D eigenvalue weighted by Gasteiger charge is 2.20. The number of ether oxygens (including phenoxy) is 1. The van der Waals surface area contributed by atoms with E-state index < -0.39 is 12.6 Å². The van der Waals surface area contributed by atoms with Crippen LogP contribution in [0.5, 0.6) is 5.75 Å². The van der Waals surface area contributed by atoms with Crippen molar-refractivity contribution in [2.45, 2.75) is 19.3 Å². The lowest BCUT2D eigenvalue weighted by molar-refractivity contribution is -0.139. The van der Waals surface area contributed by atoms with Gasteiger partial charge in [-0.1, -0.05) is 12.1 Å². The van der Waals surface area contributed by atoms with Gasteiger partial charge in [0.25, 0.3) is 0 Å². The second-order valence-corrected chi connectivity index (χ2v) is 5.00. The van der Waals surface area contributed by atoms with Gasteiger partial charge in [0.15, 0.2) is 6.61 Å². The lowest BCUT2D eigenvalue weighted by atomic mass is 10.1. The molecule has 0 spiro atoms. The Bertz CT molecular complexity index is 573. The van der Waals surface area contributed by atoms with Gasteiger partial charge in [0.05, 0.1) is 12.2 Å². The molecule has 1 aliphatic rings. The predicted molar refractivity (Wildman–Crippen MR) is 78.6 cm³/mol. The third-order valence-corrected chi connectivity index (χ3v) is 3.27. The summed E-state index contributed by atoms with van der Waals surface area (Å²) in [5.74, 6) is -1.17. The Morgan fingerprint density at radius 3 is 2.77 bits per heavy atom. The number of carboxylic acid groups (broad SMARTS) is 1. The van der Waals surface area contributed by atoms with E-state index in [9.17, 15) is 14.4 Å². The van der Waals surface area contributed by atoms with Crippen molar-refractivity contribution in [3.8, 4) is 5.75 Å². The molecule has 7 nitrogen and oxygen atoms in total. The molecule has 0 aliphatic carbocycles. The zero-order chi connectivity index (χ0) is 15.9. The van der Waals surface area contributed by atoms with Crippen LogP contribution in [0.3, 0.4) is 0 Å². The number of carbonyl (C=O) groups is 3. The van der Waals surface area contributed by atoms with Crippen LogP contribution in [-0.2, 0) is 14.4 Å². The molecule has 0 aromatic heterocycles. The van der Waals surface area contributed by atoms with Gasteiger partial charge in [-0.3, -0.25) is 9.59 Å². The summed E-state index contributed by atoms with van der Waals surface area (Å²) in [5.41, 5.74) is 0.387. The first kappa shape index (κ1) is 15.8. The van der Waals surface area contributed by atoms with Gasteiger partial charge in [-0.05, 0) is 25.0 Å². The lowest BCUT2D eigenvalue weighted by Gasteiger charge is -2.26. The summed E-state index contributed by atoms with van der Waals surface area (Å²) in [6, 6.07) is 6.58. The molecule has 0 saturated carbocycles. The molecule has 0 unspecified atom stereocenters. The van der Waals surface area contributed by atoms with E-state index in [4.69, 9.17) is 9.84 Å². The minimum absolute atomic E-state index is 0.00784. The number of likely N-dealkylation sites (tertiary alicyclic amines) is 1. The molecule has 2 amide bonds. The highest BCUT2D eigenvalue weighted by Crippen LogP contribution is 2.23. The number of hydrogen-bond acceptors (Lipinski definition) is 4. The third kappa shape index (κ3) is 4.47. The van der Waals surface area contributed by atoms with Gasteiger partial charge in [-0.2, -0.15) is 0 Å².